The average Bonchev–Trinajstić information content (AvgIpc) is 2.09. The van der Waals surface area contributed by atoms with Crippen LogP contribution < -0.4 is 0 Å². The van der Waals surface area contributed by atoms with E-state index in [1.54, 1.807) is 0 Å². The molecule has 0 spiro atoms. The lowest BCUT2D eigenvalue weighted by molar-refractivity contribution is 1.21. The van der Waals surface area contributed by atoms with Gasteiger partial charge in [-0.1, -0.05) is 29.6 Å². The van der Waals surface area contributed by atoms with Crippen molar-refractivity contribution in [2.45, 2.75) is 23.6 Å². The van der Waals surface area contributed by atoms with Crippen molar-refractivity contribution in [2.75, 3.05) is 0 Å². The Morgan fingerprint density at radius 2 is 1.77 bits per heavy atom. The molecule has 0 fully saturated rings. The van der Waals surface area contributed by atoms with E-state index in [0.717, 1.165) is 0 Å². The van der Waals surface area contributed by atoms with Crippen molar-refractivity contribution >= 4 is 39.5 Å². The number of fused-ring (bicyclic) bond motifs is 1. The quantitative estimate of drug-likeness (QED) is 0.659. The van der Waals surface area contributed by atoms with Crippen LogP contribution in [-0.4, -0.2) is 0 Å². The summed E-state index contributed by atoms with van der Waals surface area (Å²) in [5.41, 5.74) is 0. The molecule has 0 aromatic heterocycles. The number of hydrogen-bond donors (Lipinski definition) is 0. The minimum Gasteiger partial charge on any atom is -0.0928 e. The Morgan fingerprint density at radius 3 is 2.54 bits per heavy atom. The SMILES string of the molecule is CC1=C(C)Sc2c(Br)cccc2S1. The fourth-order valence-corrected chi connectivity index (χ4v) is 3.98. The molecule has 0 saturated heterocycles. The molecule has 1 aliphatic rings. The van der Waals surface area contributed by atoms with E-state index in [2.05, 4.69) is 48.0 Å². The van der Waals surface area contributed by atoms with Crippen molar-refractivity contribution in [2.24, 2.45) is 0 Å². The van der Waals surface area contributed by atoms with E-state index in [-0.39, 0.29) is 0 Å². The van der Waals surface area contributed by atoms with Gasteiger partial charge in [0.25, 0.3) is 0 Å². The van der Waals surface area contributed by atoms with Crippen LogP contribution >= 0.6 is 39.5 Å². The predicted octanol–water partition coefficient (Wildman–Crippen LogP) is 4.90. The summed E-state index contributed by atoms with van der Waals surface area (Å²) in [6.07, 6.45) is 0. The van der Waals surface area contributed by atoms with E-state index in [0.29, 0.717) is 0 Å². The third-order valence-electron chi connectivity index (χ3n) is 1.94. The van der Waals surface area contributed by atoms with E-state index in [4.69, 9.17) is 0 Å². The van der Waals surface area contributed by atoms with Crippen LogP contribution in [0, 0.1) is 0 Å². The summed E-state index contributed by atoms with van der Waals surface area (Å²) in [6, 6.07) is 6.36. The molecule has 0 unspecified atom stereocenters. The Balaban J connectivity index is 2.50. The molecule has 0 aliphatic carbocycles. The maximum absolute atomic E-state index is 3.57. The molecule has 1 aromatic carbocycles. The van der Waals surface area contributed by atoms with E-state index < -0.39 is 0 Å². The van der Waals surface area contributed by atoms with Gasteiger partial charge in [0, 0.05) is 14.3 Å². The van der Waals surface area contributed by atoms with Crippen molar-refractivity contribution < 1.29 is 0 Å². The third-order valence-corrected chi connectivity index (χ3v) is 5.56. The first-order valence-corrected chi connectivity index (χ1v) is 6.43. The molecule has 0 amide bonds. The molecule has 1 aliphatic heterocycles. The molecule has 13 heavy (non-hydrogen) atoms. The van der Waals surface area contributed by atoms with Crippen molar-refractivity contribution in [1.82, 2.24) is 0 Å². The summed E-state index contributed by atoms with van der Waals surface area (Å²) < 4.78 is 1.20. The molecule has 3 heteroatoms. The fourth-order valence-electron chi connectivity index (χ4n) is 1.13. The van der Waals surface area contributed by atoms with E-state index in [9.17, 15) is 0 Å². The Labute approximate surface area is 95.3 Å². The Hall–Kier alpha value is 0.140. The molecule has 68 valence electrons. The summed E-state index contributed by atoms with van der Waals surface area (Å²) in [5.74, 6) is 0. The molecule has 0 atom stereocenters. The minimum atomic E-state index is 1.20. The number of rotatable bonds is 0. The van der Waals surface area contributed by atoms with Crippen molar-refractivity contribution in [3.63, 3.8) is 0 Å². The second kappa shape index (κ2) is 3.71. The molecule has 1 heterocycles. The van der Waals surface area contributed by atoms with Crippen LogP contribution in [0.15, 0.2) is 42.3 Å². The summed E-state index contributed by atoms with van der Waals surface area (Å²) in [6.45, 7) is 4.35. The smallest absolute Gasteiger partial charge is 0.0400 e. The van der Waals surface area contributed by atoms with Crippen LogP contribution in [0.2, 0.25) is 0 Å². The first-order valence-electron chi connectivity index (χ1n) is 4.00. The van der Waals surface area contributed by atoms with Crippen LogP contribution in [0.5, 0.6) is 0 Å². The largest absolute Gasteiger partial charge is 0.0928 e. The molecule has 0 radical (unpaired) electrons. The number of benzene rings is 1. The summed E-state index contributed by atoms with van der Waals surface area (Å²) in [4.78, 5) is 5.54. The van der Waals surface area contributed by atoms with Crippen molar-refractivity contribution in [3.05, 3.63) is 32.5 Å². The molecule has 2 rings (SSSR count). The lowest BCUT2D eigenvalue weighted by atomic mass is 10.4. The van der Waals surface area contributed by atoms with Crippen LogP contribution in [0.1, 0.15) is 13.8 Å². The van der Waals surface area contributed by atoms with Gasteiger partial charge in [0.1, 0.15) is 0 Å². The van der Waals surface area contributed by atoms with Crippen LogP contribution in [0.25, 0.3) is 0 Å². The summed E-state index contributed by atoms with van der Waals surface area (Å²) >= 11 is 7.29. The van der Waals surface area contributed by atoms with E-state index >= 15 is 0 Å². The molecular formula is C10H9BrS2. The van der Waals surface area contributed by atoms with E-state index in [1.165, 1.54) is 24.1 Å². The van der Waals surface area contributed by atoms with Gasteiger partial charge in [-0.05, 0) is 51.7 Å². The van der Waals surface area contributed by atoms with Gasteiger partial charge in [-0.3, -0.25) is 0 Å². The van der Waals surface area contributed by atoms with Crippen molar-refractivity contribution in [3.8, 4) is 0 Å². The first kappa shape index (κ1) is 9.69. The number of hydrogen-bond acceptors (Lipinski definition) is 2. The Bertz CT molecular complexity index is 383. The standard InChI is InChI=1S/C10H9BrS2/c1-6-7(2)13-10-8(11)4-3-5-9(10)12-6/h3-5H,1-2H3. The first-order chi connectivity index (χ1) is 6.18. The monoisotopic (exact) mass is 272 g/mol. The lowest BCUT2D eigenvalue weighted by Gasteiger charge is -2.18. The van der Waals surface area contributed by atoms with Crippen LogP contribution in [0.3, 0.4) is 0 Å². The van der Waals surface area contributed by atoms with E-state index in [1.807, 2.05) is 23.5 Å². The maximum Gasteiger partial charge on any atom is 0.0400 e. The highest BCUT2D eigenvalue weighted by Crippen LogP contribution is 2.48. The fraction of sp³-hybridized carbons (Fsp3) is 0.200. The van der Waals surface area contributed by atoms with Crippen molar-refractivity contribution in [1.29, 1.82) is 0 Å². The van der Waals surface area contributed by atoms with Gasteiger partial charge in [0.15, 0.2) is 0 Å². The number of halogens is 1. The third kappa shape index (κ3) is 1.83. The Morgan fingerprint density at radius 1 is 1.08 bits per heavy atom. The highest BCUT2D eigenvalue weighted by Gasteiger charge is 2.15. The zero-order valence-corrected chi connectivity index (χ0v) is 10.6. The lowest BCUT2D eigenvalue weighted by Crippen LogP contribution is -1.88. The topological polar surface area (TPSA) is 0 Å². The zero-order valence-electron chi connectivity index (χ0n) is 7.43. The summed E-state index contributed by atoms with van der Waals surface area (Å²) in [7, 11) is 0. The minimum absolute atomic E-state index is 1.20. The van der Waals surface area contributed by atoms with Gasteiger partial charge in [0.2, 0.25) is 0 Å². The van der Waals surface area contributed by atoms with Crippen LogP contribution in [0.4, 0.5) is 0 Å². The Kier molecular flexibility index (Phi) is 2.77. The zero-order chi connectivity index (χ0) is 9.42. The van der Waals surface area contributed by atoms with Gasteiger partial charge in [-0.25, -0.2) is 0 Å². The van der Waals surface area contributed by atoms with Crippen LogP contribution in [-0.2, 0) is 0 Å². The molecule has 0 saturated carbocycles. The van der Waals surface area contributed by atoms with Gasteiger partial charge in [0.05, 0.1) is 0 Å². The van der Waals surface area contributed by atoms with Gasteiger partial charge >= 0.3 is 0 Å². The predicted molar refractivity (Wildman–Crippen MR) is 64.2 cm³/mol. The van der Waals surface area contributed by atoms with Gasteiger partial charge in [-0.2, -0.15) is 0 Å². The molecular weight excluding hydrogens is 264 g/mol. The highest BCUT2D eigenvalue weighted by atomic mass is 79.9. The molecule has 1 aromatic rings. The number of allylic oxidation sites excluding steroid dienone is 2. The van der Waals surface area contributed by atoms with Gasteiger partial charge < -0.3 is 0 Å². The highest BCUT2D eigenvalue weighted by molar-refractivity contribution is 9.10. The second-order valence-corrected chi connectivity index (χ2v) is 6.22. The summed E-state index contributed by atoms with van der Waals surface area (Å²) in [5, 5.41) is 0. The van der Waals surface area contributed by atoms with Gasteiger partial charge in [-0.15, -0.1) is 0 Å². The molecule has 0 nitrogen and oxygen atoms in total. The number of thioether (sulfide) groups is 2. The second-order valence-electron chi connectivity index (χ2n) is 2.88. The molecule has 0 N–H and O–H groups in total. The average molecular weight is 273 g/mol. The normalized spacial score (nSPS) is 15.9. The maximum atomic E-state index is 3.57. The molecule has 0 bridgehead atoms.